The van der Waals surface area contributed by atoms with E-state index in [9.17, 15) is 22.8 Å². The van der Waals surface area contributed by atoms with Crippen LogP contribution in [0.2, 0.25) is 0 Å². The Bertz CT molecular complexity index is 1420. The highest BCUT2D eigenvalue weighted by molar-refractivity contribution is 6.06. The maximum Gasteiger partial charge on any atom is 0.435 e. The predicted molar refractivity (Wildman–Crippen MR) is 132 cm³/mol. The molecule has 2 amide bonds. The van der Waals surface area contributed by atoms with Crippen LogP contribution in [-0.2, 0) is 23.9 Å². The largest absolute Gasteiger partial charge is 0.454 e. The van der Waals surface area contributed by atoms with Gasteiger partial charge < -0.3 is 19.3 Å². The highest BCUT2D eigenvalue weighted by atomic mass is 19.4. The van der Waals surface area contributed by atoms with Crippen LogP contribution in [0.1, 0.15) is 48.1 Å². The van der Waals surface area contributed by atoms with Gasteiger partial charge >= 0.3 is 6.18 Å². The lowest BCUT2D eigenvalue weighted by molar-refractivity contribution is -0.142. The summed E-state index contributed by atoms with van der Waals surface area (Å²) in [4.78, 5) is 29.2. The van der Waals surface area contributed by atoms with E-state index in [1.54, 1.807) is 69.1 Å². The Balaban J connectivity index is 1.50. The fourth-order valence-electron chi connectivity index (χ4n) is 4.68. The molecule has 0 N–H and O–H groups in total. The van der Waals surface area contributed by atoms with Crippen LogP contribution in [0, 0.1) is 5.41 Å². The number of hydrogen-bond acceptors (Lipinski definition) is 5. The molecule has 2 aromatic carbocycles. The van der Waals surface area contributed by atoms with Gasteiger partial charge in [-0.25, -0.2) is 4.68 Å². The van der Waals surface area contributed by atoms with Crippen molar-refractivity contribution in [2.24, 2.45) is 5.41 Å². The first-order valence-corrected chi connectivity index (χ1v) is 12.1. The van der Waals surface area contributed by atoms with Crippen molar-refractivity contribution in [3.05, 3.63) is 65.0 Å². The van der Waals surface area contributed by atoms with E-state index in [0.717, 1.165) is 0 Å². The van der Waals surface area contributed by atoms with Gasteiger partial charge in [0.1, 0.15) is 0 Å². The van der Waals surface area contributed by atoms with Crippen molar-refractivity contribution in [1.29, 1.82) is 0 Å². The molecule has 5 rings (SSSR count). The Hall–Kier alpha value is -4.02. The Morgan fingerprint density at radius 2 is 1.76 bits per heavy atom. The van der Waals surface area contributed by atoms with Crippen molar-refractivity contribution < 1.29 is 32.2 Å². The molecule has 0 saturated carbocycles. The summed E-state index contributed by atoms with van der Waals surface area (Å²) in [6.07, 6.45) is -4.62. The predicted octanol–water partition coefficient (Wildman–Crippen LogP) is 4.83. The zero-order valence-corrected chi connectivity index (χ0v) is 21.4. The minimum absolute atomic E-state index is 0.0101. The number of benzene rings is 2. The number of fused-ring (bicyclic) bond motifs is 2. The molecule has 8 nitrogen and oxygen atoms in total. The number of alkyl halides is 3. The first-order valence-electron chi connectivity index (χ1n) is 12.1. The Kier molecular flexibility index (Phi) is 6.12. The summed E-state index contributed by atoms with van der Waals surface area (Å²) in [6, 6.07) is 11.4. The highest BCUT2D eigenvalue weighted by Gasteiger charge is 2.42. The Morgan fingerprint density at radius 3 is 2.47 bits per heavy atom. The van der Waals surface area contributed by atoms with Gasteiger partial charge in [0.2, 0.25) is 12.7 Å². The van der Waals surface area contributed by atoms with Crippen molar-refractivity contribution in [2.75, 3.05) is 25.3 Å². The maximum atomic E-state index is 13.9. The third-order valence-electron chi connectivity index (χ3n) is 6.65. The number of rotatable bonds is 3. The number of amides is 2. The quantitative estimate of drug-likeness (QED) is 0.487. The van der Waals surface area contributed by atoms with Crippen LogP contribution >= 0.6 is 0 Å². The average molecular weight is 529 g/mol. The van der Waals surface area contributed by atoms with Crippen molar-refractivity contribution in [1.82, 2.24) is 14.7 Å². The fraction of sp³-hybridized carbons (Fsp3) is 0.370. The lowest BCUT2D eigenvalue weighted by Crippen LogP contribution is -2.42. The lowest BCUT2D eigenvalue weighted by atomic mass is 9.93. The molecule has 2 aliphatic heterocycles. The van der Waals surface area contributed by atoms with Gasteiger partial charge in [-0.05, 0) is 36.8 Å². The number of ether oxygens (including phenoxy) is 2. The molecule has 200 valence electrons. The molecular weight excluding hydrogens is 501 g/mol. The molecule has 0 unspecified atom stereocenters. The van der Waals surface area contributed by atoms with Gasteiger partial charge in [0, 0.05) is 41.9 Å². The molecule has 3 aromatic rings. The Morgan fingerprint density at radius 1 is 1.03 bits per heavy atom. The van der Waals surface area contributed by atoms with Gasteiger partial charge in [0.25, 0.3) is 5.91 Å². The molecule has 0 atom stereocenters. The monoisotopic (exact) mass is 528 g/mol. The number of carbonyl (C=O) groups is 2. The topological polar surface area (TPSA) is 76.9 Å². The summed E-state index contributed by atoms with van der Waals surface area (Å²) in [5.74, 6) is 0.582. The first-order chi connectivity index (χ1) is 17.8. The van der Waals surface area contributed by atoms with Crippen molar-refractivity contribution >= 4 is 17.5 Å². The summed E-state index contributed by atoms with van der Waals surface area (Å²) < 4.78 is 53.6. The fourth-order valence-corrected chi connectivity index (χ4v) is 4.68. The molecule has 11 heteroatoms. The smallest absolute Gasteiger partial charge is 0.435 e. The molecule has 1 aromatic heterocycles. The molecule has 0 radical (unpaired) electrons. The van der Waals surface area contributed by atoms with Crippen LogP contribution in [-0.4, -0.2) is 46.9 Å². The van der Waals surface area contributed by atoms with E-state index < -0.39 is 17.3 Å². The minimum Gasteiger partial charge on any atom is -0.454 e. The van der Waals surface area contributed by atoms with E-state index in [1.165, 1.54) is 15.6 Å². The third kappa shape index (κ3) is 4.57. The SMILES string of the molecule is CN(C(=O)c1cccc(-n2nc(C(F)(F)F)c3c2CN(C(=O)C(C)(C)C)CC3)c1)c1ccc2c(c1)OCO2. The molecule has 0 bridgehead atoms. The van der Waals surface area contributed by atoms with Gasteiger partial charge in [0.15, 0.2) is 17.2 Å². The molecular formula is C27H27F3N4O4. The molecule has 38 heavy (non-hydrogen) atoms. The van der Waals surface area contributed by atoms with E-state index in [-0.39, 0.29) is 54.9 Å². The number of halogens is 3. The number of aromatic nitrogens is 2. The zero-order valence-electron chi connectivity index (χ0n) is 21.4. The van der Waals surface area contributed by atoms with Crippen LogP contribution in [0.4, 0.5) is 18.9 Å². The van der Waals surface area contributed by atoms with Crippen LogP contribution < -0.4 is 14.4 Å². The van der Waals surface area contributed by atoms with Crippen LogP contribution in [0.5, 0.6) is 11.5 Å². The minimum atomic E-state index is -4.65. The van der Waals surface area contributed by atoms with E-state index in [2.05, 4.69) is 5.10 Å². The van der Waals surface area contributed by atoms with Crippen LogP contribution in [0.3, 0.4) is 0 Å². The molecule has 2 aliphatic rings. The number of carbonyl (C=O) groups excluding carboxylic acids is 2. The molecule has 0 fully saturated rings. The third-order valence-corrected chi connectivity index (χ3v) is 6.65. The zero-order chi connectivity index (χ0) is 27.4. The second-order valence-electron chi connectivity index (χ2n) is 10.4. The summed E-state index contributed by atoms with van der Waals surface area (Å²) in [5, 5.41) is 3.93. The van der Waals surface area contributed by atoms with Crippen LogP contribution in [0.25, 0.3) is 5.69 Å². The second kappa shape index (κ2) is 9.07. The molecule has 3 heterocycles. The first kappa shape index (κ1) is 25.6. The summed E-state index contributed by atoms with van der Waals surface area (Å²) in [7, 11) is 1.60. The number of nitrogens with zero attached hydrogens (tertiary/aromatic N) is 4. The Labute approximate surface area is 217 Å². The number of hydrogen-bond donors (Lipinski definition) is 0. The molecule has 0 aliphatic carbocycles. The van der Waals surface area contributed by atoms with Crippen molar-refractivity contribution in [3.63, 3.8) is 0 Å². The van der Waals surface area contributed by atoms with E-state index in [0.29, 0.717) is 22.9 Å². The van der Waals surface area contributed by atoms with Gasteiger partial charge in [-0.15, -0.1) is 0 Å². The van der Waals surface area contributed by atoms with Crippen molar-refractivity contribution in [3.8, 4) is 17.2 Å². The average Bonchev–Trinajstić information content (AvgIpc) is 3.50. The van der Waals surface area contributed by atoms with Crippen LogP contribution in [0.15, 0.2) is 42.5 Å². The maximum absolute atomic E-state index is 13.9. The van der Waals surface area contributed by atoms with Gasteiger partial charge in [-0.2, -0.15) is 18.3 Å². The molecule has 0 saturated heterocycles. The standard InChI is InChI=1S/C27H27F3N4O4/c1-26(2,3)25(36)33-11-10-19-20(14-33)34(31-23(19)27(28,29)30)18-7-5-6-16(12-18)24(35)32(4)17-8-9-21-22(13-17)38-15-37-21/h5-9,12-13H,10-11,14-15H2,1-4H3. The summed E-state index contributed by atoms with van der Waals surface area (Å²) >= 11 is 0. The second-order valence-corrected chi connectivity index (χ2v) is 10.4. The van der Waals surface area contributed by atoms with Crippen molar-refractivity contribution in [2.45, 2.75) is 39.9 Å². The van der Waals surface area contributed by atoms with Gasteiger partial charge in [-0.1, -0.05) is 26.8 Å². The summed E-state index contributed by atoms with van der Waals surface area (Å²) in [6.45, 7) is 5.59. The highest BCUT2D eigenvalue weighted by Crippen LogP contribution is 2.38. The van der Waals surface area contributed by atoms with Gasteiger partial charge in [0.05, 0.1) is 17.9 Å². The normalized spacial score (nSPS) is 14.9. The van der Waals surface area contributed by atoms with Gasteiger partial charge in [-0.3, -0.25) is 9.59 Å². The lowest BCUT2D eigenvalue weighted by Gasteiger charge is -2.33. The van der Waals surface area contributed by atoms with E-state index in [4.69, 9.17) is 9.47 Å². The summed E-state index contributed by atoms with van der Waals surface area (Å²) in [5.41, 5.74) is -0.160. The number of anilines is 1. The van der Waals surface area contributed by atoms with E-state index >= 15 is 0 Å². The van der Waals surface area contributed by atoms with E-state index in [1.807, 2.05) is 0 Å². The molecule has 0 spiro atoms.